The smallest absolute Gasteiger partial charge is 0.306 e. The van der Waals surface area contributed by atoms with Crippen LogP contribution in [0.4, 0.5) is 15.8 Å². The molecule has 1 heterocycles. The van der Waals surface area contributed by atoms with E-state index >= 15 is 0 Å². The molecule has 24 heavy (non-hydrogen) atoms. The molecule has 1 N–H and O–H groups in total. The zero-order valence-corrected chi connectivity index (χ0v) is 13.0. The van der Waals surface area contributed by atoms with Gasteiger partial charge in [-0.2, -0.15) is 4.39 Å². The maximum atomic E-state index is 13.3. The van der Waals surface area contributed by atoms with Crippen LogP contribution < -0.4 is 5.32 Å². The first-order valence-electron chi connectivity index (χ1n) is 8.00. The van der Waals surface area contributed by atoms with Crippen LogP contribution in [0.25, 0.3) is 0 Å². The lowest BCUT2D eigenvalue weighted by molar-refractivity contribution is -0.387. The predicted octanol–water partition coefficient (Wildman–Crippen LogP) is 2.46. The van der Waals surface area contributed by atoms with Crippen LogP contribution in [0.15, 0.2) is 18.2 Å². The molecule has 1 saturated heterocycles. The summed E-state index contributed by atoms with van der Waals surface area (Å²) < 4.78 is 13.3. The molecule has 0 bridgehead atoms. The fourth-order valence-corrected chi connectivity index (χ4v) is 3.45. The minimum atomic E-state index is -0.957. The number of nitro groups is 1. The minimum absolute atomic E-state index is 0.0212. The average molecular weight is 335 g/mol. The van der Waals surface area contributed by atoms with Gasteiger partial charge >= 0.3 is 5.69 Å². The van der Waals surface area contributed by atoms with E-state index < -0.39 is 22.3 Å². The molecule has 1 saturated carbocycles. The number of likely N-dealkylation sites (tertiary alicyclic amines) is 1. The Morgan fingerprint density at radius 3 is 2.71 bits per heavy atom. The van der Waals surface area contributed by atoms with Crippen molar-refractivity contribution in [2.75, 3.05) is 11.9 Å². The molecule has 1 atom stereocenters. The number of nitrogens with zero attached hydrogens (tertiary/aromatic N) is 2. The van der Waals surface area contributed by atoms with Crippen LogP contribution in [0.2, 0.25) is 0 Å². The molecule has 0 spiro atoms. The second-order valence-corrected chi connectivity index (χ2v) is 6.30. The van der Waals surface area contributed by atoms with Crippen LogP contribution >= 0.6 is 0 Å². The normalized spacial score (nSPS) is 21.3. The highest BCUT2D eigenvalue weighted by Crippen LogP contribution is 2.30. The molecule has 1 aliphatic carbocycles. The van der Waals surface area contributed by atoms with E-state index in [-0.39, 0.29) is 30.0 Å². The molecular formula is C16H18FN3O4. The van der Waals surface area contributed by atoms with Crippen LogP contribution in [0.5, 0.6) is 0 Å². The van der Waals surface area contributed by atoms with Gasteiger partial charge in [0.1, 0.15) is 0 Å². The summed E-state index contributed by atoms with van der Waals surface area (Å²) >= 11 is 0. The van der Waals surface area contributed by atoms with E-state index in [2.05, 4.69) is 5.32 Å². The molecule has 1 aliphatic heterocycles. The number of carbonyl (C=O) groups excluding carboxylic acids is 2. The molecular weight excluding hydrogens is 317 g/mol. The molecule has 0 aromatic heterocycles. The van der Waals surface area contributed by atoms with Gasteiger partial charge in [0.2, 0.25) is 17.6 Å². The van der Waals surface area contributed by atoms with Gasteiger partial charge in [-0.05, 0) is 25.0 Å². The molecule has 0 radical (unpaired) electrons. The third-order valence-corrected chi connectivity index (χ3v) is 4.71. The van der Waals surface area contributed by atoms with Gasteiger partial charge in [-0.3, -0.25) is 19.7 Å². The Hall–Kier alpha value is -2.51. The van der Waals surface area contributed by atoms with Gasteiger partial charge in [0, 0.05) is 30.8 Å². The molecule has 1 aromatic rings. The van der Waals surface area contributed by atoms with Gasteiger partial charge in [0.15, 0.2) is 0 Å². The summed E-state index contributed by atoms with van der Waals surface area (Å²) in [6, 6.07) is 3.42. The zero-order valence-electron chi connectivity index (χ0n) is 13.0. The summed E-state index contributed by atoms with van der Waals surface area (Å²) in [6.07, 6.45) is 4.30. The molecule has 128 valence electrons. The van der Waals surface area contributed by atoms with E-state index in [1.54, 1.807) is 4.90 Å². The molecule has 2 aliphatic rings. The van der Waals surface area contributed by atoms with Crippen molar-refractivity contribution in [1.82, 2.24) is 4.90 Å². The quantitative estimate of drug-likeness (QED) is 0.676. The second kappa shape index (κ2) is 6.54. The maximum absolute atomic E-state index is 13.3. The summed E-state index contributed by atoms with van der Waals surface area (Å²) in [4.78, 5) is 36.1. The van der Waals surface area contributed by atoms with Gasteiger partial charge < -0.3 is 10.2 Å². The highest BCUT2D eigenvalue weighted by atomic mass is 19.1. The van der Waals surface area contributed by atoms with Gasteiger partial charge in [0.25, 0.3) is 0 Å². The van der Waals surface area contributed by atoms with Gasteiger partial charge in [0.05, 0.1) is 10.8 Å². The van der Waals surface area contributed by atoms with Crippen LogP contribution in [0.1, 0.15) is 32.1 Å². The molecule has 2 fully saturated rings. The third-order valence-electron chi connectivity index (χ3n) is 4.71. The number of anilines is 1. The van der Waals surface area contributed by atoms with Gasteiger partial charge in [-0.25, -0.2) is 0 Å². The molecule has 3 rings (SSSR count). The first-order valence-corrected chi connectivity index (χ1v) is 8.00. The number of benzene rings is 1. The van der Waals surface area contributed by atoms with Crippen LogP contribution in [-0.4, -0.2) is 34.2 Å². The molecule has 2 amide bonds. The number of hydrogen-bond donors (Lipinski definition) is 1. The number of rotatable bonds is 4. The van der Waals surface area contributed by atoms with E-state index in [1.807, 2.05) is 0 Å². The van der Waals surface area contributed by atoms with Crippen molar-refractivity contribution in [3.8, 4) is 0 Å². The van der Waals surface area contributed by atoms with E-state index in [1.165, 1.54) is 6.07 Å². The fraction of sp³-hybridized carbons (Fsp3) is 0.500. The Morgan fingerprint density at radius 2 is 2.04 bits per heavy atom. The van der Waals surface area contributed by atoms with Crippen molar-refractivity contribution in [3.05, 3.63) is 34.1 Å². The second-order valence-electron chi connectivity index (χ2n) is 6.30. The highest BCUT2D eigenvalue weighted by molar-refractivity contribution is 5.97. The molecule has 0 unspecified atom stereocenters. The van der Waals surface area contributed by atoms with Crippen LogP contribution in [0, 0.1) is 21.8 Å². The summed E-state index contributed by atoms with van der Waals surface area (Å²) in [6.45, 7) is 0.374. The summed E-state index contributed by atoms with van der Waals surface area (Å²) in [5.74, 6) is -1.83. The number of nitrogens with one attached hydrogen (secondary N) is 1. The SMILES string of the molecule is O=C(Nc1ccc(F)c([N+](=O)[O-])c1)[C@@H]1CC(=O)N(C2CCCC2)C1. The van der Waals surface area contributed by atoms with Crippen molar-refractivity contribution in [1.29, 1.82) is 0 Å². The lowest BCUT2D eigenvalue weighted by atomic mass is 10.1. The number of carbonyl (C=O) groups is 2. The Labute approximate surface area is 138 Å². The third kappa shape index (κ3) is 3.22. The maximum Gasteiger partial charge on any atom is 0.306 e. The summed E-state index contributed by atoms with van der Waals surface area (Å²) in [7, 11) is 0. The van der Waals surface area contributed by atoms with Crippen molar-refractivity contribution in [2.45, 2.75) is 38.1 Å². The van der Waals surface area contributed by atoms with E-state index in [4.69, 9.17) is 0 Å². The number of halogens is 1. The fourth-order valence-electron chi connectivity index (χ4n) is 3.45. The molecule has 1 aromatic carbocycles. The van der Waals surface area contributed by atoms with Gasteiger partial charge in [-0.15, -0.1) is 0 Å². The Kier molecular flexibility index (Phi) is 4.46. The largest absolute Gasteiger partial charge is 0.339 e. The standard InChI is InChI=1S/C16H18FN3O4/c17-13-6-5-11(8-14(13)20(23)24)18-16(22)10-7-15(21)19(9-10)12-3-1-2-4-12/h5-6,8,10,12H,1-4,7,9H2,(H,18,22)/t10-/m1/s1. The average Bonchev–Trinajstić information content (AvgIpc) is 3.18. The number of nitro benzene ring substituents is 1. The van der Waals surface area contributed by atoms with Crippen molar-refractivity contribution in [3.63, 3.8) is 0 Å². The minimum Gasteiger partial charge on any atom is -0.339 e. The van der Waals surface area contributed by atoms with Crippen molar-refractivity contribution in [2.24, 2.45) is 5.92 Å². The first kappa shape index (κ1) is 16.4. The lowest BCUT2D eigenvalue weighted by Gasteiger charge is -2.23. The van der Waals surface area contributed by atoms with E-state index in [0.717, 1.165) is 37.8 Å². The number of amides is 2. The Bertz CT molecular complexity index is 688. The Balaban J connectivity index is 1.66. The van der Waals surface area contributed by atoms with Crippen molar-refractivity contribution >= 4 is 23.2 Å². The summed E-state index contributed by atoms with van der Waals surface area (Å²) in [5.41, 5.74) is -0.539. The first-order chi connectivity index (χ1) is 11.5. The number of hydrogen-bond acceptors (Lipinski definition) is 4. The van der Waals surface area contributed by atoms with E-state index in [0.29, 0.717) is 6.54 Å². The van der Waals surface area contributed by atoms with Crippen LogP contribution in [0.3, 0.4) is 0 Å². The Morgan fingerprint density at radius 1 is 1.33 bits per heavy atom. The monoisotopic (exact) mass is 335 g/mol. The van der Waals surface area contributed by atoms with Crippen LogP contribution in [-0.2, 0) is 9.59 Å². The summed E-state index contributed by atoms with van der Waals surface area (Å²) in [5, 5.41) is 13.3. The topological polar surface area (TPSA) is 92.5 Å². The molecule has 7 nitrogen and oxygen atoms in total. The molecule has 8 heteroatoms. The van der Waals surface area contributed by atoms with Gasteiger partial charge in [-0.1, -0.05) is 12.8 Å². The zero-order chi connectivity index (χ0) is 17.3. The highest BCUT2D eigenvalue weighted by Gasteiger charge is 2.38. The predicted molar refractivity (Wildman–Crippen MR) is 83.8 cm³/mol. The lowest BCUT2D eigenvalue weighted by Crippen LogP contribution is -2.35. The van der Waals surface area contributed by atoms with Crippen molar-refractivity contribution < 1.29 is 18.9 Å². The van der Waals surface area contributed by atoms with E-state index in [9.17, 15) is 24.1 Å².